The maximum absolute atomic E-state index is 11.7. The third-order valence-corrected chi connectivity index (χ3v) is 5.19. The van der Waals surface area contributed by atoms with Crippen molar-refractivity contribution in [1.82, 2.24) is 9.97 Å². The number of carbonyl (C=O) groups is 1. The number of nitrogens with zero attached hydrogens (tertiary/aromatic N) is 2. The van der Waals surface area contributed by atoms with Gasteiger partial charge in [0.05, 0.1) is 15.6 Å². The molecule has 154 valence electrons. The Hall–Kier alpha value is -2.31. The van der Waals surface area contributed by atoms with Crippen molar-refractivity contribution in [1.29, 1.82) is 0 Å². The van der Waals surface area contributed by atoms with E-state index in [4.69, 9.17) is 27.6 Å². The molecular weight excluding hydrogens is 413 g/mol. The van der Waals surface area contributed by atoms with Crippen molar-refractivity contribution in [2.75, 3.05) is 5.32 Å². The van der Waals surface area contributed by atoms with Gasteiger partial charge >= 0.3 is 5.97 Å². The van der Waals surface area contributed by atoms with Crippen LogP contribution in [0.4, 0.5) is 5.82 Å². The Labute approximate surface area is 179 Å². The summed E-state index contributed by atoms with van der Waals surface area (Å²) in [6.07, 6.45) is 3.70. The number of furan rings is 1. The van der Waals surface area contributed by atoms with E-state index in [1.165, 1.54) is 0 Å². The number of fused-ring (bicyclic) bond motifs is 1. The molecule has 1 aromatic carbocycles. The highest BCUT2D eigenvalue weighted by atomic mass is 35.5. The first-order valence-corrected chi connectivity index (χ1v) is 10.3. The molecule has 2 aromatic heterocycles. The summed E-state index contributed by atoms with van der Waals surface area (Å²) in [6.45, 7) is 6.03. The summed E-state index contributed by atoms with van der Waals surface area (Å²) in [7, 11) is 0. The summed E-state index contributed by atoms with van der Waals surface area (Å²) in [4.78, 5) is 20.9. The van der Waals surface area contributed by atoms with Crippen molar-refractivity contribution in [3.63, 3.8) is 0 Å². The molecule has 0 aliphatic rings. The molecule has 3 aromatic rings. The average Bonchev–Trinajstić information content (AvgIpc) is 3.04. The molecule has 0 spiro atoms. The van der Waals surface area contributed by atoms with Crippen molar-refractivity contribution < 1.29 is 14.3 Å². The number of aromatic nitrogens is 2. The number of benzene rings is 1. The third kappa shape index (κ3) is 5.00. The number of aryl methyl sites for hydroxylation is 1. The molecule has 2 heterocycles. The summed E-state index contributed by atoms with van der Waals surface area (Å²) >= 11 is 12.3. The molecule has 6 nitrogen and oxygen atoms in total. The topological polar surface area (TPSA) is 88.2 Å². The highest BCUT2D eigenvalue weighted by Crippen LogP contribution is 2.35. The van der Waals surface area contributed by atoms with Crippen LogP contribution in [0.5, 0.6) is 0 Å². The number of halogens is 2. The van der Waals surface area contributed by atoms with Gasteiger partial charge in [-0.05, 0) is 24.8 Å². The monoisotopic (exact) mass is 435 g/mol. The molecule has 0 aliphatic carbocycles. The van der Waals surface area contributed by atoms with E-state index in [9.17, 15) is 9.90 Å². The standard InChI is InChI=1S/C21H23Cl2N3O3/c1-4-5-12-7-19(25-17(21(27)28)6-11(2)3)26-20(24-12)14-10-29-18-9-16(23)15(22)8-13(14)18/h7-11,17H,4-6H2,1-3H3,(H,27,28)(H,24,25,26). The first-order valence-electron chi connectivity index (χ1n) is 9.52. The van der Waals surface area contributed by atoms with Gasteiger partial charge in [-0.1, -0.05) is 50.4 Å². The van der Waals surface area contributed by atoms with Gasteiger partial charge in [0.15, 0.2) is 5.82 Å². The number of rotatable bonds is 8. The van der Waals surface area contributed by atoms with Crippen molar-refractivity contribution >= 4 is 46.0 Å². The lowest BCUT2D eigenvalue weighted by Gasteiger charge is -2.18. The van der Waals surface area contributed by atoms with Crippen LogP contribution in [0.25, 0.3) is 22.4 Å². The predicted octanol–water partition coefficient (Wildman–Crippen LogP) is 6.06. The smallest absolute Gasteiger partial charge is 0.326 e. The van der Waals surface area contributed by atoms with Crippen LogP contribution in [-0.2, 0) is 11.2 Å². The predicted molar refractivity (Wildman–Crippen MR) is 116 cm³/mol. The number of aliphatic carboxylic acids is 1. The molecule has 1 unspecified atom stereocenters. The zero-order chi connectivity index (χ0) is 21.1. The number of carboxylic acids is 1. The van der Waals surface area contributed by atoms with Crippen LogP contribution in [0.1, 0.15) is 39.3 Å². The molecule has 0 bridgehead atoms. The van der Waals surface area contributed by atoms with E-state index in [1.54, 1.807) is 24.5 Å². The fraction of sp³-hybridized carbons (Fsp3) is 0.381. The minimum Gasteiger partial charge on any atom is -0.480 e. The van der Waals surface area contributed by atoms with Crippen molar-refractivity contribution in [2.45, 2.75) is 46.1 Å². The summed E-state index contributed by atoms with van der Waals surface area (Å²) in [5.74, 6) is 0.237. The molecule has 3 rings (SSSR count). The quantitative estimate of drug-likeness (QED) is 0.446. The molecule has 0 saturated carbocycles. The number of hydrogen-bond acceptors (Lipinski definition) is 5. The molecular formula is C21H23Cl2N3O3. The van der Waals surface area contributed by atoms with Gasteiger partial charge < -0.3 is 14.8 Å². The number of nitrogens with one attached hydrogen (secondary N) is 1. The second kappa shape index (κ2) is 9.01. The second-order valence-electron chi connectivity index (χ2n) is 7.39. The SMILES string of the molecule is CCCc1cc(NC(CC(C)C)C(=O)O)nc(-c2coc3cc(Cl)c(Cl)cc23)n1. The molecule has 0 amide bonds. The molecule has 0 saturated heterocycles. The fourth-order valence-corrected chi connectivity index (χ4v) is 3.46. The fourth-order valence-electron chi connectivity index (χ4n) is 3.14. The zero-order valence-corrected chi connectivity index (χ0v) is 18.0. The Kier molecular flexibility index (Phi) is 6.65. The van der Waals surface area contributed by atoms with Gasteiger partial charge in [0.1, 0.15) is 23.7 Å². The highest BCUT2D eigenvalue weighted by molar-refractivity contribution is 6.42. The van der Waals surface area contributed by atoms with Crippen molar-refractivity contribution in [2.24, 2.45) is 5.92 Å². The summed E-state index contributed by atoms with van der Waals surface area (Å²) in [5, 5.41) is 14.2. The lowest BCUT2D eigenvalue weighted by atomic mass is 10.0. The maximum Gasteiger partial charge on any atom is 0.326 e. The Bertz CT molecular complexity index is 1030. The van der Waals surface area contributed by atoms with E-state index in [0.29, 0.717) is 39.3 Å². The molecule has 2 N–H and O–H groups in total. The summed E-state index contributed by atoms with van der Waals surface area (Å²) in [5.41, 5.74) is 2.08. The van der Waals surface area contributed by atoms with E-state index in [2.05, 4.69) is 22.2 Å². The van der Waals surface area contributed by atoms with Crippen LogP contribution in [0.3, 0.4) is 0 Å². The highest BCUT2D eigenvalue weighted by Gasteiger charge is 2.21. The molecule has 0 fully saturated rings. The van der Waals surface area contributed by atoms with Crippen LogP contribution in [0.2, 0.25) is 10.0 Å². The zero-order valence-electron chi connectivity index (χ0n) is 16.5. The van der Waals surface area contributed by atoms with E-state index in [0.717, 1.165) is 23.9 Å². The molecule has 0 aliphatic heterocycles. The summed E-state index contributed by atoms with van der Waals surface area (Å²) < 4.78 is 5.61. The Balaban J connectivity index is 2.05. The van der Waals surface area contributed by atoms with Crippen LogP contribution < -0.4 is 5.32 Å². The number of hydrogen-bond donors (Lipinski definition) is 2. The molecule has 0 radical (unpaired) electrons. The van der Waals surface area contributed by atoms with Crippen LogP contribution in [0, 0.1) is 5.92 Å². The number of carboxylic acid groups (broad SMARTS) is 1. The first-order chi connectivity index (χ1) is 13.8. The van der Waals surface area contributed by atoms with E-state index in [-0.39, 0.29) is 5.92 Å². The third-order valence-electron chi connectivity index (χ3n) is 4.47. The molecule has 29 heavy (non-hydrogen) atoms. The van der Waals surface area contributed by atoms with Gasteiger partial charge in [-0.2, -0.15) is 0 Å². The van der Waals surface area contributed by atoms with Gasteiger partial charge in [0.25, 0.3) is 0 Å². The van der Waals surface area contributed by atoms with Gasteiger partial charge in [-0.25, -0.2) is 14.8 Å². The van der Waals surface area contributed by atoms with E-state index < -0.39 is 12.0 Å². The van der Waals surface area contributed by atoms with Gasteiger partial charge in [-0.15, -0.1) is 0 Å². The van der Waals surface area contributed by atoms with Gasteiger partial charge in [0, 0.05) is 23.2 Å². The van der Waals surface area contributed by atoms with Crippen LogP contribution >= 0.6 is 23.2 Å². The summed E-state index contributed by atoms with van der Waals surface area (Å²) in [6, 6.07) is 4.44. The van der Waals surface area contributed by atoms with E-state index >= 15 is 0 Å². The lowest BCUT2D eigenvalue weighted by molar-refractivity contribution is -0.138. The van der Waals surface area contributed by atoms with Crippen LogP contribution in [0.15, 0.2) is 28.9 Å². The second-order valence-corrected chi connectivity index (χ2v) is 8.21. The Morgan fingerprint density at radius 1 is 1.21 bits per heavy atom. The molecule has 1 atom stereocenters. The largest absolute Gasteiger partial charge is 0.480 e. The average molecular weight is 436 g/mol. The minimum absolute atomic E-state index is 0.227. The van der Waals surface area contributed by atoms with Crippen molar-refractivity contribution in [3.8, 4) is 11.4 Å². The Morgan fingerprint density at radius 3 is 2.59 bits per heavy atom. The van der Waals surface area contributed by atoms with Gasteiger partial charge in [-0.3, -0.25) is 0 Å². The molecule has 8 heteroatoms. The number of anilines is 1. The normalized spacial score (nSPS) is 12.5. The maximum atomic E-state index is 11.7. The van der Waals surface area contributed by atoms with Gasteiger partial charge in [0.2, 0.25) is 0 Å². The van der Waals surface area contributed by atoms with Crippen LogP contribution in [-0.4, -0.2) is 27.1 Å². The first kappa shape index (κ1) is 21.4. The Morgan fingerprint density at radius 2 is 1.93 bits per heavy atom. The van der Waals surface area contributed by atoms with E-state index in [1.807, 2.05) is 13.8 Å². The minimum atomic E-state index is -0.911. The van der Waals surface area contributed by atoms with Crippen molar-refractivity contribution in [3.05, 3.63) is 40.2 Å². The lowest BCUT2D eigenvalue weighted by Crippen LogP contribution is -2.31.